The third-order valence-corrected chi connectivity index (χ3v) is 3.14. The average Bonchev–Trinajstić information content (AvgIpc) is 2.35. The predicted octanol–water partition coefficient (Wildman–Crippen LogP) is 1.20. The normalized spacial score (nSPS) is 14.3. The molecule has 0 atom stereocenters. The van der Waals surface area contributed by atoms with E-state index in [2.05, 4.69) is 16.0 Å². The van der Waals surface area contributed by atoms with Crippen LogP contribution in [0.15, 0.2) is 18.2 Å². The summed E-state index contributed by atoms with van der Waals surface area (Å²) < 4.78 is 5.21. The van der Waals surface area contributed by atoms with Gasteiger partial charge in [0.1, 0.15) is 5.75 Å². The lowest BCUT2D eigenvalue weighted by atomic mass is 9.99. The molecule has 1 aromatic carbocycles. The molecule has 6 nitrogen and oxygen atoms in total. The molecule has 1 fully saturated rings. The Morgan fingerprint density at radius 3 is 2.65 bits per heavy atom. The monoisotopic (exact) mass is 277 g/mol. The Labute approximate surface area is 117 Å². The minimum Gasteiger partial charge on any atom is -0.494 e. The van der Waals surface area contributed by atoms with Crippen LogP contribution in [-0.4, -0.2) is 32.0 Å². The number of rotatable bonds is 5. The van der Waals surface area contributed by atoms with E-state index in [-0.39, 0.29) is 11.8 Å². The molecular formula is C14H19N3O3. The number of carbonyl (C=O) groups excluding carboxylic acids is 2. The maximum absolute atomic E-state index is 11.8. The van der Waals surface area contributed by atoms with E-state index in [0.29, 0.717) is 29.5 Å². The molecule has 0 saturated carbocycles. The fourth-order valence-electron chi connectivity index (χ4n) is 2.03. The first-order chi connectivity index (χ1) is 9.58. The summed E-state index contributed by atoms with van der Waals surface area (Å²) in [5.74, 6) is 0.766. The molecule has 108 valence electrons. The summed E-state index contributed by atoms with van der Waals surface area (Å²) >= 11 is 0. The van der Waals surface area contributed by atoms with E-state index in [4.69, 9.17) is 4.74 Å². The minimum atomic E-state index is -0.169. The van der Waals surface area contributed by atoms with Crippen LogP contribution in [-0.2, 0) is 9.59 Å². The Balaban J connectivity index is 2.00. The van der Waals surface area contributed by atoms with Gasteiger partial charge in [0.2, 0.25) is 11.8 Å². The first kappa shape index (κ1) is 14.3. The number of ether oxygens (including phenoxy) is 1. The first-order valence-electron chi connectivity index (χ1n) is 6.54. The number of benzene rings is 1. The topological polar surface area (TPSA) is 79.5 Å². The van der Waals surface area contributed by atoms with E-state index in [1.165, 1.54) is 14.0 Å². The molecule has 0 spiro atoms. The van der Waals surface area contributed by atoms with Gasteiger partial charge in [-0.25, -0.2) is 0 Å². The van der Waals surface area contributed by atoms with Crippen molar-refractivity contribution in [1.29, 1.82) is 0 Å². The van der Waals surface area contributed by atoms with Crippen LogP contribution in [0.25, 0.3) is 0 Å². The SMILES string of the molecule is COc1cc(NC(=O)CC2CNC2)ccc1NC(C)=O. The fraction of sp³-hybridized carbons (Fsp3) is 0.429. The third kappa shape index (κ3) is 3.71. The predicted molar refractivity (Wildman–Crippen MR) is 76.9 cm³/mol. The van der Waals surface area contributed by atoms with Gasteiger partial charge >= 0.3 is 0 Å². The second kappa shape index (κ2) is 6.38. The molecule has 0 aromatic heterocycles. The van der Waals surface area contributed by atoms with Gasteiger partial charge in [0, 0.05) is 25.1 Å². The highest BCUT2D eigenvalue weighted by molar-refractivity contribution is 5.93. The molecule has 6 heteroatoms. The molecule has 20 heavy (non-hydrogen) atoms. The number of hydrogen-bond acceptors (Lipinski definition) is 4. The Hall–Kier alpha value is -2.08. The number of methoxy groups -OCH3 is 1. The van der Waals surface area contributed by atoms with E-state index in [1.807, 2.05) is 0 Å². The summed E-state index contributed by atoms with van der Waals surface area (Å²) in [6, 6.07) is 5.15. The molecule has 0 bridgehead atoms. The number of amides is 2. The highest BCUT2D eigenvalue weighted by Crippen LogP contribution is 2.28. The van der Waals surface area contributed by atoms with Crippen molar-refractivity contribution in [2.75, 3.05) is 30.8 Å². The summed E-state index contributed by atoms with van der Waals surface area (Å²) in [5.41, 5.74) is 1.24. The molecule has 1 aliphatic heterocycles. The van der Waals surface area contributed by atoms with Gasteiger partial charge in [0.25, 0.3) is 0 Å². The number of nitrogens with one attached hydrogen (secondary N) is 3. The van der Waals surface area contributed by atoms with Crippen LogP contribution in [0, 0.1) is 5.92 Å². The van der Waals surface area contributed by atoms with Crippen molar-refractivity contribution in [3.05, 3.63) is 18.2 Å². The minimum absolute atomic E-state index is 0.00849. The van der Waals surface area contributed by atoms with Gasteiger partial charge in [-0.05, 0) is 31.1 Å². The van der Waals surface area contributed by atoms with Gasteiger partial charge in [0.15, 0.2) is 0 Å². The maximum atomic E-state index is 11.8. The van der Waals surface area contributed by atoms with Gasteiger partial charge < -0.3 is 20.7 Å². The van der Waals surface area contributed by atoms with Crippen LogP contribution in [0.1, 0.15) is 13.3 Å². The number of anilines is 2. The zero-order valence-electron chi connectivity index (χ0n) is 11.7. The zero-order chi connectivity index (χ0) is 14.5. The first-order valence-corrected chi connectivity index (χ1v) is 6.54. The molecule has 2 rings (SSSR count). The van der Waals surface area contributed by atoms with Crippen LogP contribution in [0.4, 0.5) is 11.4 Å². The largest absolute Gasteiger partial charge is 0.494 e. The van der Waals surface area contributed by atoms with E-state index < -0.39 is 0 Å². The Kier molecular flexibility index (Phi) is 4.57. The average molecular weight is 277 g/mol. The summed E-state index contributed by atoms with van der Waals surface area (Å²) in [4.78, 5) is 22.9. The van der Waals surface area contributed by atoms with Gasteiger partial charge in [-0.3, -0.25) is 9.59 Å². The molecule has 0 aliphatic carbocycles. The third-order valence-electron chi connectivity index (χ3n) is 3.14. The van der Waals surface area contributed by atoms with E-state index in [0.717, 1.165) is 13.1 Å². The highest BCUT2D eigenvalue weighted by Gasteiger charge is 2.20. The van der Waals surface area contributed by atoms with Gasteiger partial charge in [-0.15, -0.1) is 0 Å². The van der Waals surface area contributed by atoms with Crippen LogP contribution in [0.2, 0.25) is 0 Å². The van der Waals surface area contributed by atoms with Crippen molar-refractivity contribution >= 4 is 23.2 Å². The van der Waals surface area contributed by atoms with E-state index in [9.17, 15) is 9.59 Å². The second-order valence-corrected chi connectivity index (χ2v) is 4.87. The van der Waals surface area contributed by atoms with Crippen LogP contribution >= 0.6 is 0 Å². The standard InChI is InChI=1S/C14H19N3O3/c1-9(18)16-12-4-3-11(6-13(12)20-2)17-14(19)5-10-7-15-8-10/h3-4,6,10,15H,5,7-8H2,1-2H3,(H,16,18)(H,17,19). The van der Waals surface area contributed by atoms with Crippen molar-refractivity contribution in [1.82, 2.24) is 5.32 Å². The van der Waals surface area contributed by atoms with Crippen LogP contribution < -0.4 is 20.7 Å². The molecular weight excluding hydrogens is 258 g/mol. The summed E-state index contributed by atoms with van der Waals surface area (Å²) in [6.07, 6.45) is 0.517. The van der Waals surface area contributed by atoms with Crippen molar-refractivity contribution in [3.63, 3.8) is 0 Å². The molecule has 0 radical (unpaired) electrons. The van der Waals surface area contributed by atoms with Crippen molar-refractivity contribution in [2.45, 2.75) is 13.3 Å². The van der Waals surface area contributed by atoms with Gasteiger partial charge in [-0.1, -0.05) is 0 Å². The lowest BCUT2D eigenvalue weighted by Gasteiger charge is -2.26. The van der Waals surface area contributed by atoms with Crippen molar-refractivity contribution < 1.29 is 14.3 Å². The molecule has 0 unspecified atom stereocenters. The van der Waals surface area contributed by atoms with Crippen LogP contribution in [0.5, 0.6) is 5.75 Å². The summed E-state index contributed by atoms with van der Waals surface area (Å²) in [7, 11) is 1.52. The van der Waals surface area contributed by atoms with Crippen molar-refractivity contribution in [3.8, 4) is 5.75 Å². The molecule has 1 aromatic rings. The quantitative estimate of drug-likeness (QED) is 0.755. The molecule has 2 amide bonds. The second-order valence-electron chi connectivity index (χ2n) is 4.87. The van der Waals surface area contributed by atoms with Crippen LogP contribution in [0.3, 0.4) is 0 Å². The molecule has 1 saturated heterocycles. The fourth-order valence-corrected chi connectivity index (χ4v) is 2.03. The lowest BCUT2D eigenvalue weighted by molar-refractivity contribution is -0.117. The van der Waals surface area contributed by atoms with E-state index in [1.54, 1.807) is 18.2 Å². The molecule has 3 N–H and O–H groups in total. The number of hydrogen-bond donors (Lipinski definition) is 3. The summed E-state index contributed by atoms with van der Waals surface area (Å²) in [5, 5.41) is 8.64. The molecule has 1 aliphatic rings. The molecule has 1 heterocycles. The Morgan fingerprint density at radius 1 is 1.35 bits per heavy atom. The van der Waals surface area contributed by atoms with Crippen molar-refractivity contribution in [2.24, 2.45) is 5.92 Å². The summed E-state index contributed by atoms with van der Waals surface area (Å²) in [6.45, 7) is 3.23. The van der Waals surface area contributed by atoms with Gasteiger partial charge in [0.05, 0.1) is 12.8 Å². The smallest absolute Gasteiger partial charge is 0.224 e. The highest BCUT2D eigenvalue weighted by atomic mass is 16.5. The Bertz CT molecular complexity index is 512. The Morgan fingerprint density at radius 2 is 2.10 bits per heavy atom. The van der Waals surface area contributed by atoms with E-state index >= 15 is 0 Å². The maximum Gasteiger partial charge on any atom is 0.224 e. The number of carbonyl (C=O) groups is 2. The lowest BCUT2D eigenvalue weighted by Crippen LogP contribution is -2.43. The van der Waals surface area contributed by atoms with Gasteiger partial charge in [-0.2, -0.15) is 0 Å². The zero-order valence-corrected chi connectivity index (χ0v) is 11.7.